The Balaban J connectivity index is 1.55. The highest BCUT2D eigenvalue weighted by atomic mass is 16.2. The van der Waals surface area contributed by atoms with Crippen molar-refractivity contribution in [2.45, 2.75) is 19.9 Å². The Morgan fingerprint density at radius 2 is 1.45 bits per heavy atom. The third-order valence-electron chi connectivity index (χ3n) is 4.70. The Morgan fingerprint density at radius 1 is 0.742 bits per heavy atom. The molecule has 3 aromatic carbocycles. The number of para-hydroxylation sites is 1. The summed E-state index contributed by atoms with van der Waals surface area (Å²) in [5.74, 6) is -1.90. The summed E-state index contributed by atoms with van der Waals surface area (Å²) in [6.45, 7) is 2.66. The van der Waals surface area contributed by atoms with E-state index in [2.05, 4.69) is 16.0 Å². The van der Waals surface area contributed by atoms with Crippen molar-refractivity contribution >= 4 is 23.4 Å². The van der Waals surface area contributed by atoms with Crippen LogP contribution in [-0.2, 0) is 22.6 Å². The molecule has 3 amide bonds. The zero-order valence-electron chi connectivity index (χ0n) is 17.4. The van der Waals surface area contributed by atoms with Crippen molar-refractivity contribution in [2.75, 3.05) is 11.9 Å². The zero-order valence-corrected chi connectivity index (χ0v) is 17.4. The fraction of sp³-hybridized carbons (Fsp3) is 0.160. The third-order valence-corrected chi connectivity index (χ3v) is 4.70. The summed E-state index contributed by atoms with van der Waals surface area (Å²) in [5.41, 5.74) is 3.68. The third kappa shape index (κ3) is 6.54. The maximum Gasteiger partial charge on any atom is 0.313 e. The van der Waals surface area contributed by atoms with Gasteiger partial charge in [0.2, 0.25) is 0 Å². The molecular weight excluding hydrogens is 390 g/mol. The van der Waals surface area contributed by atoms with E-state index in [9.17, 15) is 14.4 Å². The van der Waals surface area contributed by atoms with Gasteiger partial charge in [-0.05, 0) is 36.6 Å². The lowest BCUT2D eigenvalue weighted by molar-refractivity contribution is -0.136. The van der Waals surface area contributed by atoms with E-state index in [0.717, 1.165) is 16.7 Å². The van der Waals surface area contributed by atoms with Crippen LogP contribution >= 0.6 is 0 Å². The molecule has 31 heavy (non-hydrogen) atoms. The summed E-state index contributed by atoms with van der Waals surface area (Å²) in [6.07, 6.45) is 0.697. The van der Waals surface area contributed by atoms with Crippen LogP contribution in [0.4, 0.5) is 5.69 Å². The zero-order chi connectivity index (χ0) is 22.1. The molecular formula is C25H25N3O3. The fourth-order valence-electron chi connectivity index (χ4n) is 3.11. The number of carbonyl (C=O) groups is 3. The van der Waals surface area contributed by atoms with Crippen LogP contribution in [0.5, 0.6) is 0 Å². The minimum absolute atomic E-state index is 0.246. The first-order chi connectivity index (χ1) is 15.0. The number of carbonyl (C=O) groups excluding carboxylic acids is 3. The minimum atomic E-state index is -0.822. The summed E-state index contributed by atoms with van der Waals surface area (Å²) in [5, 5.41) is 7.98. The molecule has 0 radical (unpaired) electrons. The number of rotatable bonds is 7. The molecule has 3 aromatic rings. The predicted octanol–water partition coefficient (Wildman–Crippen LogP) is 3.22. The van der Waals surface area contributed by atoms with Gasteiger partial charge >= 0.3 is 11.8 Å². The summed E-state index contributed by atoms with van der Waals surface area (Å²) in [4.78, 5) is 37.1. The van der Waals surface area contributed by atoms with Gasteiger partial charge in [0, 0.05) is 13.1 Å². The lowest BCUT2D eigenvalue weighted by atomic mass is 10.1. The van der Waals surface area contributed by atoms with Gasteiger partial charge in [-0.15, -0.1) is 0 Å². The topological polar surface area (TPSA) is 87.3 Å². The number of nitrogens with one attached hydrogen (secondary N) is 3. The van der Waals surface area contributed by atoms with Gasteiger partial charge in [-0.3, -0.25) is 14.4 Å². The van der Waals surface area contributed by atoms with Gasteiger partial charge in [0.15, 0.2) is 0 Å². The maximum atomic E-state index is 12.6. The Morgan fingerprint density at radius 3 is 2.23 bits per heavy atom. The molecule has 0 spiro atoms. The average Bonchev–Trinajstić information content (AvgIpc) is 2.78. The van der Waals surface area contributed by atoms with E-state index in [4.69, 9.17) is 0 Å². The molecule has 158 valence electrons. The Hall–Kier alpha value is -3.93. The number of aryl methyl sites for hydroxylation is 1. The average molecular weight is 415 g/mol. The van der Waals surface area contributed by atoms with Crippen LogP contribution in [0.3, 0.4) is 0 Å². The van der Waals surface area contributed by atoms with Crippen molar-refractivity contribution < 1.29 is 14.4 Å². The molecule has 0 unspecified atom stereocenters. The van der Waals surface area contributed by atoms with Crippen LogP contribution in [-0.4, -0.2) is 24.3 Å². The van der Waals surface area contributed by atoms with Crippen molar-refractivity contribution in [1.29, 1.82) is 0 Å². The van der Waals surface area contributed by atoms with Crippen molar-refractivity contribution in [3.63, 3.8) is 0 Å². The second kappa shape index (κ2) is 10.7. The van der Waals surface area contributed by atoms with Crippen LogP contribution in [0.2, 0.25) is 0 Å². The molecule has 6 heteroatoms. The van der Waals surface area contributed by atoms with Gasteiger partial charge in [-0.1, -0.05) is 72.3 Å². The molecule has 0 bridgehead atoms. The molecule has 0 aliphatic carbocycles. The number of anilines is 1. The molecule has 0 atom stereocenters. The Bertz CT molecular complexity index is 1060. The first-order valence-corrected chi connectivity index (χ1v) is 10.1. The van der Waals surface area contributed by atoms with E-state index in [1.165, 1.54) is 0 Å². The van der Waals surface area contributed by atoms with Gasteiger partial charge in [0.05, 0.1) is 11.3 Å². The second-order valence-electron chi connectivity index (χ2n) is 7.16. The van der Waals surface area contributed by atoms with E-state index in [-0.39, 0.29) is 18.1 Å². The molecule has 0 fully saturated rings. The highest BCUT2D eigenvalue weighted by Gasteiger charge is 2.17. The van der Waals surface area contributed by atoms with E-state index in [1.807, 2.05) is 61.5 Å². The van der Waals surface area contributed by atoms with Gasteiger partial charge in [0.1, 0.15) is 0 Å². The van der Waals surface area contributed by atoms with Crippen LogP contribution in [0.15, 0.2) is 78.9 Å². The van der Waals surface area contributed by atoms with Crippen molar-refractivity contribution in [3.8, 4) is 0 Å². The highest BCUT2D eigenvalue weighted by molar-refractivity contribution is 6.40. The highest BCUT2D eigenvalue weighted by Crippen LogP contribution is 2.15. The lowest BCUT2D eigenvalue weighted by Crippen LogP contribution is -2.35. The van der Waals surface area contributed by atoms with Crippen molar-refractivity contribution in [1.82, 2.24) is 10.6 Å². The van der Waals surface area contributed by atoms with Crippen LogP contribution in [0.25, 0.3) is 0 Å². The normalized spacial score (nSPS) is 10.2. The van der Waals surface area contributed by atoms with E-state index in [1.54, 1.807) is 24.3 Å². The lowest BCUT2D eigenvalue weighted by Gasteiger charge is -2.12. The summed E-state index contributed by atoms with van der Waals surface area (Å²) in [7, 11) is 0. The molecule has 0 aliphatic heterocycles. The number of hydrogen-bond acceptors (Lipinski definition) is 3. The van der Waals surface area contributed by atoms with Gasteiger partial charge < -0.3 is 16.0 Å². The summed E-state index contributed by atoms with van der Waals surface area (Å²) < 4.78 is 0. The number of amides is 3. The summed E-state index contributed by atoms with van der Waals surface area (Å²) in [6, 6.07) is 24.1. The van der Waals surface area contributed by atoms with Gasteiger partial charge in [0.25, 0.3) is 5.91 Å². The first-order valence-electron chi connectivity index (χ1n) is 10.1. The van der Waals surface area contributed by atoms with Crippen LogP contribution in [0, 0.1) is 6.92 Å². The molecule has 3 N–H and O–H groups in total. The number of hydrogen-bond donors (Lipinski definition) is 3. The fourth-order valence-corrected chi connectivity index (χ4v) is 3.11. The number of benzene rings is 3. The minimum Gasteiger partial charge on any atom is -0.352 e. The molecule has 0 aliphatic rings. The first kappa shape index (κ1) is 21.8. The smallest absolute Gasteiger partial charge is 0.313 e. The maximum absolute atomic E-state index is 12.6. The van der Waals surface area contributed by atoms with E-state index >= 15 is 0 Å². The molecule has 0 saturated heterocycles. The molecule has 0 saturated carbocycles. The quantitative estimate of drug-likeness (QED) is 0.518. The Labute approximate surface area is 181 Å². The second-order valence-corrected chi connectivity index (χ2v) is 7.16. The molecule has 3 rings (SSSR count). The van der Waals surface area contributed by atoms with Crippen LogP contribution in [0.1, 0.15) is 27.0 Å². The van der Waals surface area contributed by atoms with Crippen molar-refractivity contribution in [2.24, 2.45) is 0 Å². The SMILES string of the molecule is Cc1cccc(CNC(=O)C(=O)Nc2ccccc2C(=O)NCCc2ccccc2)c1. The van der Waals surface area contributed by atoms with Gasteiger partial charge in [-0.2, -0.15) is 0 Å². The van der Waals surface area contributed by atoms with Crippen LogP contribution < -0.4 is 16.0 Å². The predicted molar refractivity (Wildman–Crippen MR) is 121 cm³/mol. The molecule has 0 aromatic heterocycles. The van der Waals surface area contributed by atoms with Gasteiger partial charge in [-0.25, -0.2) is 0 Å². The monoisotopic (exact) mass is 415 g/mol. The molecule has 0 heterocycles. The standard InChI is InChI=1S/C25H25N3O3/c1-18-8-7-11-20(16-18)17-27-24(30)25(31)28-22-13-6-5-12-21(22)23(29)26-15-14-19-9-3-2-4-10-19/h2-13,16H,14-15,17H2,1H3,(H,26,29)(H,27,30)(H,28,31). The van der Waals surface area contributed by atoms with E-state index < -0.39 is 11.8 Å². The largest absolute Gasteiger partial charge is 0.352 e. The van der Waals surface area contributed by atoms with E-state index in [0.29, 0.717) is 18.5 Å². The molecule has 6 nitrogen and oxygen atoms in total. The summed E-state index contributed by atoms with van der Waals surface area (Å²) >= 11 is 0. The van der Waals surface area contributed by atoms with Crippen molar-refractivity contribution in [3.05, 3.63) is 101 Å². The Kier molecular flexibility index (Phi) is 7.54.